The molecule has 0 N–H and O–H groups in total. The fourth-order valence-electron chi connectivity index (χ4n) is 0.412. The third-order valence-electron chi connectivity index (χ3n) is 0.789. The van der Waals surface area contributed by atoms with Crippen molar-refractivity contribution in [2.24, 2.45) is 0 Å². The van der Waals surface area contributed by atoms with Crippen LogP contribution < -0.4 is 0 Å². The Labute approximate surface area is 101 Å². The molecular weight excluding hydrogens is 236 g/mol. The van der Waals surface area contributed by atoms with E-state index in [-0.39, 0.29) is 37.7 Å². The summed E-state index contributed by atoms with van der Waals surface area (Å²) in [6.07, 6.45) is -0.433. The smallest absolute Gasteiger partial charge is 0.748 e. The van der Waals surface area contributed by atoms with Crippen LogP contribution in [0.3, 0.4) is 0 Å². The third kappa shape index (κ3) is 13.7. The van der Waals surface area contributed by atoms with Crippen LogP contribution in [0.25, 0.3) is 0 Å². The van der Waals surface area contributed by atoms with Gasteiger partial charge in [0.25, 0.3) is 0 Å². The zero-order valence-electron chi connectivity index (χ0n) is 6.09. The minimum absolute atomic E-state index is 0. The van der Waals surface area contributed by atoms with Crippen LogP contribution in [0.1, 0.15) is 6.42 Å². The summed E-state index contributed by atoms with van der Waals surface area (Å²) in [4.78, 5) is 0. The maximum Gasteiger partial charge on any atom is 2.00 e. The van der Waals surface area contributed by atoms with Crippen molar-refractivity contribution in [1.82, 2.24) is 0 Å². The summed E-state index contributed by atoms with van der Waals surface area (Å²) in [6.45, 7) is 0. The van der Waals surface area contributed by atoms with Gasteiger partial charge in [-0.1, -0.05) is 0 Å². The zero-order chi connectivity index (χ0) is 9.12. The van der Waals surface area contributed by atoms with Crippen molar-refractivity contribution in [2.75, 3.05) is 11.5 Å². The van der Waals surface area contributed by atoms with Gasteiger partial charge >= 0.3 is 37.7 Å². The molecule has 0 spiro atoms. The average Bonchev–Trinajstić information content (AvgIpc) is 1.55. The SMILES string of the molecule is O=S(=O)([O-])CCCS(=O)(=O)[O-].[Ca+2]. The second-order valence-corrected chi connectivity index (χ2v) is 4.92. The van der Waals surface area contributed by atoms with Crippen LogP contribution in [0.5, 0.6) is 0 Å². The Morgan fingerprint density at radius 1 is 0.833 bits per heavy atom. The van der Waals surface area contributed by atoms with Crippen LogP contribution in [0.4, 0.5) is 0 Å². The minimum atomic E-state index is -4.40. The predicted octanol–water partition coefficient (Wildman–Crippen LogP) is -1.91. The van der Waals surface area contributed by atoms with E-state index >= 15 is 0 Å². The summed E-state index contributed by atoms with van der Waals surface area (Å²) in [5, 5.41) is 0. The van der Waals surface area contributed by atoms with Crippen LogP contribution in [0.2, 0.25) is 0 Å². The average molecular weight is 242 g/mol. The summed E-state index contributed by atoms with van der Waals surface area (Å²) < 4.78 is 59.2. The Hall–Kier alpha value is 1.08. The second-order valence-electron chi connectivity index (χ2n) is 1.88. The van der Waals surface area contributed by atoms with Crippen molar-refractivity contribution in [3.8, 4) is 0 Å². The normalized spacial score (nSPS) is 12.2. The van der Waals surface area contributed by atoms with Crippen LogP contribution in [0, 0.1) is 0 Å². The molecule has 0 atom stereocenters. The molecule has 68 valence electrons. The van der Waals surface area contributed by atoms with Crippen molar-refractivity contribution in [3.05, 3.63) is 0 Å². The maximum absolute atomic E-state index is 9.86. The molecule has 0 fully saturated rings. The fraction of sp³-hybridized carbons (Fsp3) is 1.00. The summed E-state index contributed by atoms with van der Waals surface area (Å²) in [5.74, 6) is -1.62. The van der Waals surface area contributed by atoms with E-state index < -0.39 is 38.2 Å². The molecule has 0 aliphatic heterocycles. The van der Waals surface area contributed by atoms with Gasteiger partial charge in [0.2, 0.25) is 0 Å². The zero-order valence-corrected chi connectivity index (χ0v) is 9.94. The van der Waals surface area contributed by atoms with Crippen molar-refractivity contribution < 1.29 is 25.9 Å². The minimum Gasteiger partial charge on any atom is -0.748 e. The van der Waals surface area contributed by atoms with Crippen molar-refractivity contribution in [2.45, 2.75) is 6.42 Å². The summed E-state index contributed by atoms with van der Waals surface area (Å²) in [7, 11) is -8.80. The first-order valence-corrected chi connectivity index (χ1v) is 5.73. The molecule has 0 aromatic carbocycles. The summed E-state index contributed by atoms with van der Waals surface area (Å²) in [6, 6.07) is 0. The number of hydrogen-bond acceptors (Lipinski definition) is 6. The molecule has 0 aromatic heterocycles. The topological polar surface area (TPSA) is 114 Å². The van der Waals surface area contributed by atoms with E-state index in [9.17, 15) is 25.9 Å². The fourth-order valence-corrected chi connectivity index (χ4v) is 1.59. The Morgan fingerprint density at radius 2 is 1.08 bits per heavy atom. The van der Waals surface area contributed by atoms with Crippen LogP contribution in [-0.2, 0) is 20.2 Å². The van der Waals surface area contributed by atoms with Gasteiger partial charge in [-0.25, -0.2) is 16.8 Å². The van der Waals surface area contributed by atoms with E-state index in [0.717, 1.165) is 0 Å². The third-order valence-corrected chi connectivity index (χ3v) is 2.37. The Kier molecular flexibility index (Phi) is 7.43. The molecule has 0 bridgehead atoms. The van der Waals surface area contributed by atoms with E-state index in [4.69, 9.17) is 0 Å². The molecule has 0 saturated carbocycles. The van der Waals surface area contributed by atoms with Gasteiger partial charge < -0.3 is 9.11 Å². The molecule has 0 radical (unpaired) electrons. The number of hydrogen-bond donors (Lipinski definition) is 0. The van der Waals surface area contributed by atoms with Crippen molar-refractivity contribution in [3.63, 3.8) is 0 Å². The molecule has 12 heavy (non-hydrogen) atoms. The first-order valence-electron chi connectivity index (χ1n) is 2.58. The van der Waals surface area contributed by atoms with Gasteiger partial charge in [-0.15, -0.1) is 0 Å². The van der Waals surface area contributed by atoms with Crippen LogP contribution >= 0.6 is 0 Å². The monoisotopic (exact) mass is 242 g/mol. The van der Waals surface area contributed by atoms with Gasteiger partial charge in [0.1, 0.15) is 0 Å². The Bertz CT molecular complexity index is 270. The molecule has 0 aliphatic rings. The number of rotatable bonds is 4. The summed E-state index contributed by atoms with van der Waals surface area (Å²) in [5.41, 5.74) is 0. The second kappa shape index (κ2) is 5.74. The summed E-state index contributed by atoms with van der Waals surface area (Å²) >= 11 is 0. The predicted molar refractivity (Wildman–Crippen MR) is 39.5 cm³/mol. The first-order chi connectivity index (χ1) is 4.71. The Morgan fingerprint density at radius 3 is 1.25 bits per heavy atom. The van der Waals surface area contributed by atoms with Gasteiger partial charge in [-0.3, -0.25) is 0 Å². The Balaban J connectivity index is 0. The molecule has 0 saturated heterocycles. The van der Waals surface area contributed by atoms with Gasteiger partial charge in [-0.05, 0) is 6.42 Å². The molecule has 0 heterocycles. The van der Waals surface area contributed by atoms with Crippen LogP contribution in [-0.4, -0.2) is 75.2 Å². The molecule has 0 amide bonds. The van der Waals surface area contributed by atoms with E-state index in [1.807, 2.05) is 0 Å². The molecule has 0 rings (SSSR count). The van der Waals surface area contributed by atoms with E-state index in [0.29, 0.717) is 0 Å². The largest absolute Gasteiger partial charge is 2.00 e. The maximum atomic E-state index is 9.86. The van der Waals surface area contributed by atoms with Gasteiger partial charge in [0.15, 0.2) is 0 Å². The van der Waals surface area contributed by atoms with Crippen LogP contribution in [0.15, 0.2) is 0 Å². The molecule has 9 heteroatoms. The molecule has 0 aliphatic carbocycles. The van der Waals surface area contributed by atoms with Crippen molar-refractivity contribution in [1.29, 1.82) is 0 Å². The van der Waals surface area contributed by atoms with E-state index in [2.05, 4.69) is 0 Å². The molecule has 0 unspecified atom stereocenters. The standard InChI is InChI=1S/C3H8O6S2.Ca/c4-10(5,6)2-1-3-11(7,8)9;/h1-3H2,(H,4,5,6)(H,7,8,9);/q;+2/p-2. The first kappa shape index (κ1) is 15.5. The van der Waals surface area contributed by atoms with E-state index in [1.165, 1.54) is 0 Å². The van der Waals surface area contributed by atoms with E-state index in [1.54, 1.807) is 0 Å². The van der Waals surface area contributed by atoms with Gasteiger partial charge in [-0.2, -0.15) is 0 Å². The molecular formula is C3H6CaO6S2. The molecule has 6 nitrogen and oxygen atoms in total. The quantitative estimate of drug-likeness (QED) is 0.419. The van der Waals surface area contributed by atoms with Gasteiger partial charge in [0, 0.05) is 11.5 Å². The molecule has 0 aromatic rings. The van der Waals surface area contributed by atoms with Crippen molar-refractivity contribution >= 4 is 58.0 Å². The van der Waals surface area contributed by atoms with Gasteiger partial charge in [0.05, 0.1) is 20.2 Å².